The molecule has 0 heterocycles. The van der Waals surface area contributed by atoms with Crippen LogP contribution in [0.3, 0.4) is 0 Å². The minimum absolute atomic E-state index is 0.334. The molecule has 0 aliphatic carbocycles. The third-order valence-electron chi connectivity index (χ3n) is 2.61. The average molecular weight is 184 g/mol. The smallest absolute Gasteiger partial charge is 0.0748 e. The quantitative estimate of drug-likeness (QED) is 0.628. The number of aliphatic hydroxyl groups excluding tert-OH is 1. The lowest BCUT2D eigenvalue weighted by atomic mass is 9.84. The molecule has 0 saturated carbocycles. The van der Waals surface area contributed by atoms with Crippen molar-refractivity contribution in [2.24, 2.45) is 17.8 Å². The molecule has 1 nitrogen and oxygen atoms in total. The normalized spacial score (nSPS) is 16.2. The molecule has 0 aromatic heterocycles. The maximum atomic E-state index is 9.68. The maximum absolute atomic E-state index is 9.68. The van der Waals surface area contributed by atoms with E-state index in [9.17, 15) is 5.11 Å². The lowest BCUT2D eigenvalue weighted by Crippen LogP contribution is -2.23. The summed E-state index contributed by atoms with van der Waals surface area (Å²) in [4.78, 5) is 0. The molecule has 2 atom stereocenters. The second kappa shape index (κ2) is 6.20. The minimum Gasteiger partial charge on any atom is -0.389 e. The van der Waals surface area contributed by atoms with Gasteiger partial charge >= 0.3 is 0 Å². The van der Waals surface area contributed by atoms with Crippen LogP contribution in [-0.4, -0.2) is 11.2 Å². The van der Waals surface area contributed by atoms with Crippen molar-refractivity contribution in [3.8, 4) is 0 Å². The van der Waals surface area contributed by atoms with E-state index in [4.69, 9.17) is 0 Å². The first-order chi connectivity index (χ1) is 5.99. The van der Waals surface area contributed by atoms with Crippen LogP contribution in [0.25, 0.3) is 0 Å². The topological polar surface area (TPSA) is 20.2 Å². The van der Waals surface area contributed by atoms with E-state index in [1.807, 2.05) is 0 Å². The molecule has 0 amide bonds. The summed E-state index contributed by atoms with van der Waals surface area (Å²) in [5.74, 6) is 1.63. The highest BCUT2D eigenvalue weighted by Crippen LogP contribution is 2.23. The Kier molecular flexibility index (Phi) is 6.06. The molecular formula is C12H24O. The average Bonchev–Trinajstić information content (AvgIpc) is 2.03. The second-order valence-corrected chi connectivity index (χ2v) is 4.61. The summed E-state index contributed by atoms with van der Waals surface area (Å²) < 4.78 is 0. The summed E-state index contributed by atoms with van der Waals surface area (Å²) in [7, 11) is 0. The Morgan fingerprint density at radius 2 is 1.69 bits per heavy atom. The van der Waals surface area contributed by atoms with Gasteiger partial charge in [-0.3, -0.25) is 0 Å². The zero-order valence-electron chi connectivity index (χ0n) is 9.46. The van der Waals surface area contributed by atoms with Gasteiger partial charge in [0, 0.05) is 0 Å². The lowest BCUT2D eigenvalue weighted by molar-refractivity contribution is 0.112. The fourth-order valence-electron chi connectivity index (χ4n) is 1.60. The summed E-state index contributed by atoms with van der Waals surface area (Å²) in [5.41, 5.74) is 0. The van der Waals surface area contributed by atoms with Gasteiger partial charge in [0.1, 0.15) is 0 Å². The Labute approximate surface area is 82.9 Å². The van der Waals surface area contributed by atoms with Crippen LogP contribution < -0.4 is 0 Å². The predicted octanol–water partition coefficient (Wildman–Crippen LogP) is 3.24. The molecule has 0 aromatic rings. The highest BCUT2D eigenvalue weighted by atomic mass is 16.3. The summed E-state index contributed by atoms with van der Waals surface area (Å²) in [6.45, 7) is 12.4. The monoisotopic (exact) mass is 184 g/mol. The van der Waals surface area contributed by atoms with Crippen LogP contribution in [0.2, 0.25) is 0 Å². The molecule has 1 heteroatoms. The summed E-state index contributed by atoms with van der Waals surface area (Å²) in [6.07, 6.45) is 3.61. The molecule has 0 spiro atoms. The van der Waals surface area contributed by atoms with E-state index < -0.39 is 0 Å². The Morgan fingerprint density at radius 1 is 1.15 bits per heavy atom. The van der Waals surface area contributed by atoms with E-state index in [0.717, 1.165) is 12.3 Å². The first-order valence-corrected chi connectivity index (χ1v) is 5.29. The lowest BCUT2D eigenvalue weighted by Gasteiger charge is -2.24. The van der Waals surface area contributed by atoms with Crippen LogP contribution in [0.1, 0.15) is 40.5 Å². The predicted molar refractivity (Wildman–Crippen MR) is 58.6 cm³/mol. The summed E-state index contributed by atoms with van der Waals surface area (Å²) in [5, 5.41) is 9.68. The molecule has 0 aromatic carbocycles. The summed E-state index contributed by atoms with van der Waals surface area (Å²) in [6, 6.07) is 0. The van der Waals surface area contributed by atoms with Gasteiger partial charge in [-0.1, -0.05) is 40.2 Å². The SMILES string of the molecule is C=C[C@H](O)[C@@H](CCC(C)C)C(C)C. The largest absolute Gasteiger partial charge is 0.389 e. The van der Waals surface area contributed by atoms with Gasteiger partial charge in [0.25, 0.3) is 0 Å². The van der Waals surface area contributed by atoms with Crippen molar-refractivity contribution >= 4 is 0 Å². The zero-order valence-corrected chi connectivity index (χ0v) is 9.46. The maximum Gasteiger partial charge on any atom is 0.0748 e. The molecule has 0 bridgehead atoms. The van der Waals surface area contributed by atoms with Gasteiger partial charge in [0.2, 0.25) is 0 Å². The number of aliphatic hydroxyl groups is 1. The van der Waals surface area contributed by atoms with E-state index >= 15 is 0 Å². The Morgan fingerprint density at radius 3 is 2.00 bits per heavy atom. The molecule has 0 radical (unpaired) electrons. The molecule has 0 saturated heterocycles. The Balaban J connectivity index is 4.02. The molecule has 0 unspecified atom stereocenters. The molecule has 0 rings (SSSR count). The first kappa shape index (κ1) is 12.7. The molecular weight excluding hydrogens is 160 g/mol. The number of hydrogen-bond donors (Lipinski definition) is 1. The molecule has 0 fully saturated rings. The molecule has 0 aliphatic rings. The fourth-order valence-corrected chi connectivity index (χ4v) is 1.60. The van der Waals surface area contributed by atoms with E-state index in [2.05, 4.69) is 34.3 Å². The van der Waals surface area contributed by atoms with Crippen LogP contribution >= 0.6 is 0 Å². The van der Waals surface area contributed by atoms with Gasteiger partial charge in [0.05, 0.1) is 6.10 Å². The molecule has 0 aliphatic heterocycles. The van der Waals surface area contributed by atoms with Crippen molar-refractivity contribution in [3.63, 3.8) is 0 Å². The van der Waals surface area contributed by atoms with Crippen molar-refractivity contribution in [2.45, 2.75) is 46.6 Å². The molecule has 13 heavy (non-hydrogen) atoms. The zero-order chi connectivity index (χ0) is 10.4. The number of hydrogen-bond acceptors (Lipinski definition) is 1. The van der Waals surface area contributed by atoms with Crippen molar-refractivity contribution < 1.29 is 5.11 Å². The molecule has 1 N–H and O–H groups in total. The van der Waals surface area contributed by atoms with Crippen LogP contribution in [-0.2, 0) is 0 Å². The third-order valence-corrected chi connectivity index (χ3v) is 2.61. The van der Waals surface area contributed by atoms with Crippen LogP contribution in [0.15, 0.2) is 12.7 Å². The van der Waals surface area contributed by atoms with Crippen molar-refractivity contribution in [3.05, 3.63) is 12.7 Å². The standard InChI is InChI=1S/C12H24O/c1-6-12(13)11(10(4)5)8-7-9(2)3/h6,9-13H,1,7-8H2,2-5H3/t11-,12-/m0/s1. The summed E-state index contributed by atoms with van der Waals surface area (Å²) >= 11 is 0. The van der Waals surface area contributed by atoms with Gasteiger partial charge in [-0.25, -0.2) is 0 Å². The van der Waals surface area contributed by atoms with Crippen LogP contribution in [0, 0.1) is 17.8 Å². The highest BCUT2D eigenvalue weighted by molar-refractivity contribution is 4.85. The Hall–Kier alpha value is -0.300. The number of rotatable bonds is 6. The van der Waals surface area contributed by atoms with E-state index in [-0.39, 0.29) is 6.10 Å². The van der Waals surface area contributed by atoms with Crippen LogP contribution in [0.4, 0.5) is 0 Å². The van der Waals surface area contributed by atoms with Gasteiger partial charge in [-0.15, -0.1) is 6.58 Å². The minimum atomic E-state index is -0.334. The third kappa shape index (κ3) is 5.09. The van der Waals surface area contributed by atoms with Crippen molar-refractivity contribution in [2.75, 3.05) is 0 Å². The van der Waals surface area contributed by atoms with E-state index in [1.165, 1.54) is 6.42 Å². The van der Waals surface area contributed by atoms with Gasteiger partial charge in [0.15, 0.2) is 0 Å². The highest BCUT2D eigenvalue weighted by Gasteiger charge is 2.19. The fraction of sp³-hybridized carbons (Fsp3) is 0.833. The van der Waals surface area contributed by atoms with Crippen LogP contribution in [0.5, 0.6) is 0 Å². The van der Waals surface area contributed by atoms with E-state index in [1.54, 1.807) is 6.08 Å². The second-order valence-electron chi connectivity index (χ2n) is 4.61. The van der Waals surface area contributed by atoms with Gasteiger partial charge in [-0.2, -0.15) is 0 Å². The van der Waals surface area contributed by atoms with Crippen molar-refractivity contribution in [1.29, 1.82) is 0 Å². The van der Waals surface area contributed by atoms with Gasteiger partial charge < -0.3 is 5.11 Å². The first-order valence-electron chi connectivity index (χ1n) is 5.29. The van der Waals surface area contributed by atoms with E-state index in [0.29, 0.717) is 11.8 Å². The van der Waals surface area contributed by atoms with Gasteiger partial charge in [-0.05, 0) is 24.2 Å². The Bertz CT molecular complexity index is 138. The molecule has 78 valence electrons. The van der Waals surface area contributed by atoms with Crippen molar-refractivity contribution in [1.82, 2.24) is 0 Å².